The minimum absolute atomic E-state index is 0.152. The van der Waals surface area contributed by atoms with E-state index in [9.17, 15) is 14.4 Å². The Hall–Kier alpha value is -2.71. The number of para-hydroxylation sites is 1. The molecule has 3 heterocycles. The lowest BCUT2D eigenvalue weighted by Gasteiger charge is -2.30. The van der Waals surface area contributed by atoms with Gasteiger partial charge in [0.2, 0.25) is 11.8 Å². The van der Waals surface area contributed by atoms with Gasteiger partial charge in [0.15, 0.2) is 0 Å². The van der Waals surface area contributed by atoms with Crippen LogP contribution in [-0.2, 0) is 14.3 Å². The van der Waals surface area contributed by atoms with Gasteiger partial charge in [-0.1, -0.05) is 18.2 Å². The smallest absolute Gasteiger partial charge is 0.253 e. The Labute approximate surface area is 169 Å². The Morgan fingerprint density at radius 1 is 1.17 bits per heavy atom. The van der Waals surface area contributed by atoms with Crippen LogP contribution in [0.2, 0.25) is 0 Å². The summed E-state index contributed by atoms with van der Waals surface area (Å²) in [5.74, 6) is -0.652. The number of fused-ring (bicyclic) bond motifs is 2. The van der Waals surface area contributed by atoms with Gasteiger partial charge in [0.1, 0.15) is 18.3 Å². The standard InChI is InChI=1S/C21H26N4O4/c1-13(22-2)19(26)23-15-10-12-29-18-8-7-17(25(18)20(15)27)21(28)24-11-9-14-5-3-4-6-16(14)24/h3-6,9,11,13,15,17-18,22H,7-8,10,12H2,1-2H3,(H,23,26). The molecular formula is C21H26N4O4. The fourth-order valence-corrected chi connectivity index (χ4v) is 4.10. The zero-order valence-electron chi connectivity index (χ0n) is 16.6. The van der Waals surface area contributed by atoms with Crippen molar-refractivity contribution in [1.29, 1.82) is 0 Å². The molecule has 4 rings (SSSR count). The van der Waals surface area contributed by atoms with Crippen molar-refractivity contribution in [1.82, 2.24) is 20.1 Å². The molecule has 2 amide bonds. The maximum absolute atomic E-state index is 13.3. The summed E-state index contributed by atoms with van der Waals surface area (Å²) in [6.07, 6.45) is 2.85. The summed E-state index contributed by atoms with van der Waals surface area (Å²) in [4.78, 5) is 40.4. The summed E-state index contributed by atoms with van der Waals surface area (Å²) < 4.78 is 7.47. The molecule has 2 aliphatic rings. The molecule has 2 saturated heterocycles. The topological polar surface area (TPSA) is 92.7 Å². The van der Waals surface area contributed by atoms with Crippen molar-refractivity contribution in [2.24, 2.45) is 0 Å². The van der Waals surface area contributed by atoms with Crippen LogP contribution < -0.4 is 10.6 Å². The van der Waals surface area contributed by atoms with Crippen LogP contribution in [0.3, 0.4) is 0 Å². The van der Waals surface area contributed by atoms with Crippen molar-refractivity contribution in [3.63, 3.8) is 0 Å². The highest BCUT2D eigenvalue weighted by Gasteiger charge is 2.46. The molecule has 0 aliphatic carbocycles. The second-order valence-electron chi connectivity index (χ2n) is 7.61. The van der Waals surface area contributed by atoms with E-state index in [1.54, 1.807) is 29.6 Å². The van der Waals surface area contributed by atoms with Crippen LogP contribution in [0.5, 0.6) is 0 Å². The summed E-state index contributed by atoms with van der Waals surface area (Å²) in [6, 6.07) is 7.83. The van der Waals surface area contributed by atoms with Gasteiger partial charge in [-0.2, -0.15) is 0 Å². The van der Waals surface area contributed by atoms with Crippen LogP contribution in [0.15, 0.2) is 36.5 Å². The lowest BCUT2D eigenvalue weighted by Crippen LogP contribution is -2.55. The Kier molecular flexibility index (Phi) is 5.38. The van der Waals surface area contributed by atoms with Crippen LogP contribution in [-0.4, -0.2) is 65.2 Å². The Morgan fingerprint density at radius 2 is 1.97 bits per heavy atom. The zero-order chi connectivity index (χ0) is 20.5. The maximum atomic E-state index is 13.3. The molecule has 0 radical (unpaired) electrons. The van der Waals surface area contributed by atoms with Crippen LogP contribution in [0.1, 0.15) is 31.0 Å². The number of ether oxygens (including phenoxy) is 1. The number of rotatable bonds is 4. The fourth-order valence-electron chi connectivity index (χ4n) is 4.10. The van der Waals surface area contributed by atoms with E-state index in [1.807, 2.05) is 30.3 Å². The number of nitrogens with zero attached hydrogens (tertiary/aromatic N) is 2. The molecular weight excluding hydrogens is 372 g/mol. The number of carbonyl (C=O) groups excluding carboxylic acids is 3. The number of carbonyl (C=O) groups is 3. The van der Waals surface area contributed by atoms with Gasteiger partial charge in [0, 0.05) is 18.0 Å². The first-order chi connectivity index (χ1) is 14.0. The van der Waals surface area contributed by atoms with E-state index in [0.29, 0.717) is 25.9 Å². The normalized spacial score (nSPS) is 25.5. The minimum Gasteiger partial charge on any atom is -0.358 e. The van der Waals surface area contributed by atoms with Gasteiger partial charge in [-0.25, -0.2) is 0 Å². The number of aromatic nitrogens is 1. The van der Waals surface area contributed by atoms with Gasteiger partial charge in [-0.15, -0.1) is 0 Å². The summed E-state index contributed by atoms with van der Waals surface area (Å²) in [5.41, 5.74) is 0.817. The lowest BCUT2D eigenvalue weighted by atomic mass is 10.1. The first-order valence-electron chi connectivity index (χ1n) is 10.0. The number of benzene rings is 1. The van der Waals surface area contributed by atoms with E-state index in [4.69, 9.17) is 4.74 Å². The first kappa shape index (κ1) is 19.6. The molecule has 8 nitrogen and oxygen atoms in total. The highest BCUT2D eigenvalue weighted by atomic mass is 16.5. The number of hydrogen-bond acceptors (Lipinski definition) is 5. The SMILES string of the molecule is CNC(C)C(=O)NC1CCOC2CCC(C(=O)n3ccc4ccccc43)N2C1=O. The van der Waals surface area contributed by atoms with Gasteiger partial charge < -0.3 is 20.3 Å². The van der Waals surface area contributed by atoms with Crippen LogP contribution in [0.4, 0.5) is 0 Å². The first-order valence-corrected chi connectivity index (χ1v) is 10.0. The van der Waals surface area contributed by atoms with E-state index in [-0.39, 0.29) is 17.7 Å². The number of amides is 2. The largest absolute Gasteiger partial charge is 0.358 e. The van der Waals surface area contributed by atoms with Crippen molar-refractivity contribution in [3.05, 3.63) is 36.5 Å². The third-order valence-corrected chi connectivity index (χ3v) is 5.87. The van der Waals surface area contributed by atoms with Crippen LogP contribution in [0.25, 0.3) is 10.9 Å². The fraction of sp³-hybridized carbons (Fsp3) is 0.476. The molecule has 0 bridgehead atoms. The minimum atomic E-state index is -0.696. The molecule has 1 aromatic carbocycles. The third kappa shape index (κ3) is 3.54. The molecule has 154 valence electrons. The molecule has 4 unspecified atom stereocenters. The van der Waals surface area contributed by atoms with Crippen molar-refractivity contribution in [2.75, 3.05) is 13.7 Å². The molecule has 2 N–H and O–H groups in total. The van der Waals surface area contributed by atoms with E-state index < -0.39 is 24.4 Å². The molecule has 2 aliphatic heterocycles. The monoisotopic (exact) mass is 398 g/mol. The molecule has 2 fully saturated rings. The second kappa shape index (κ2) is 7.96. The van der Waals surface area contributed by atoms with Gasteiger partial charge >= 0.3 is 0 Å². The zero-order valence-corrected chi connectivity index (χ0v) is 16.6. The highest BCUT2D eigenvalue weighted by molar-refractivity contribution is 5.98. The molecule has 4 atom stereocenters. The van der Waals surface area contributed by atoms with Gasteiger partial charge in [-0.05, 0) is 38.9 Å². The predicted molar refractivity (Wildman–Crippen MR) is 107 cm³/mol. The van der Waals surface area contributed by atoms with Gasteiger partial charge in [-0.3, -0.25) is 19.0 Å². The van der Waals surface area contributed by atoms with Crippen LogP contribution >= 0.6 is 0 Å². The summed E-state index contributed by atoms with van der Waals surface area (Å²) >= 11 is 0. The van der Waals surface area contributed by atoms with E-state index >= 15 is 0 Å². The summed E-state index contributed by atoms with van der Waals surface area (Å²) in [5, 5.41) is 6.65. The van der Waals surface area contributed by atoms with Crippen LogP contribution in [0, 0.1) is 0 Å². The quantitative estimate of drug-likeness (QED) is 0.805. The summed E-state index contributed by atoms with van der Waals surface area (Å²) in [7, 11) is 1.69. The van der Waals surface area contributed by atoms with Gasteiger partial charge in [0.25, 0.3) is 5.91 Å². The number of likely N-dealkylation sites (N-methyl/N-ethyl adjacent to an activating group) is 1. The number of hydrogen-bond donors (Lipinski definition) is 2. The van der Waals surface area contributed by atoms with Crippen molar-refractivity contribution in [3.8, 4) is 0 Å². The third-order valence-electron chi connectivity index (χ3n) is 5.87. The maximum Gasteiger partial charge on any atom is 0.253 e. The van der Waals surface area contributed by atoms with Crippen molar-refractivity contribution >= 4 is 28.6 Å². The van der Waals surface area contributed by atoms with Gasteiger partial charge in [0.05, 0.1) is 18.2 Å². The second-order valence-corrected chi connectivity index (χ2v) is 7.61. The highest BCUT2D eigenvalue weighted by Crippen LogP contribution is 2.30. The van der Waals surface area contributed by atoms with Crippen molar-refractivity contribution in [2.45, 2.75) is 50.5 Å². The van der Waals surface area contributed by atoms with E-state index in [2.05, 4.69) is 10.6 Å². The summed E-state index contributed by atoms with van der Waals surface area (Å²) in [6.45, 7) is 2.09. The Balaban J connectivity index is 1.58. The number of nitrogens with one attached hydrogen (secondary N) is 2. The molecule has 8 heteroatoms. The Bertz CT molecular complexity index is 940. The molecule has 1 aromatic heterocycles. The predicted octanol–water partition coefficient (Wildman–Crippen LogP) is 1.11. The lowest BCUT2D eigenvalue weighted by molar-refractivity contribution is -0.143. The average Bonchev–Trinajstić information content (AvgIpc) is 3.32. The van der Waals surface area contributed by atoms with E-state index in [0.717, 1.165) is 10.9 Å². The molecule has 2 aromatic rings. The molecule has 0 spiro atoms. The average molecular weight is 398 g/mol. The van der Waals surface area contributed by atoms with Crippen molar-refractivity contribution < 1.29 is 19.1 Å². The Morgan fingerprint density at radius 3 is 2.76 bits per heavy atom. The molecule has 0 saturated carbocycles. The molecule has 29 heavy (non-hydrogen) atoms. The van der Waals surface area contributed by atoms with E-state index in [1.165, 1.54) is 0 Å².